The summed E-state index contributed by atoms with van der Waals surface area (Å²) in [6.45, 7) is 3.74. The molecule has 1 aromatic rings. The maximum absolute atomic E-state index is 11.2. The number of piperidine rings is 1. The number of aryl methyl sites for hydroxylation is 1. The molecule has 0 aromatic carbocycles. The number of aromatic nitrogens is 3. The number of fused-ring (bicyclic) bond motifs is 1. The van der Waals surface area contributed by atoms with Crippen LogP contribution in [0.3, 0.4) is 0 Å². The van der Waals surface area contributed by atoms with Crippen molar-refractivity contribution in [1.29, 1.82) is 0 Å². The molecule has 7 nitrogen and oxygen atoms in total. The molecule has 0 radical (unpaired) electrons. The number of hydrogen-bond acceptors (Lipinski definition) is 5. The number of nitrogens with one attached hydrogen (secondary N) is 2. The van der Waals surface area contributed by atoms with Crippen LogP contribution in [-0.4, -0.2) is 45.5 Å². The van der Waals surface area contributed by atoms with Crippen molar-refractivity contribution >= 4 is 5.97 Å². The minimum absolute atomic E-state index is 0.490. The van der Waals surface area contributed by atoms with Crippen LogP contribution >= 0.6 is 0 Å². The van der Waals surface area contributed by atoms with Gasteiger partial charge >= 0.3 is 5.97 Å². The highest BCUT2D eigenvalue weighted by molar-refractivity contribution is 5.72. The molecule has 0 saturated carbocycles. The molecule has 0 spiro atoms. The van der Waals surface area contributed by atoms with Gasteiger partial charge in [0.05, 0.1) is 6.54 Å². The maximum atomic E-state index is 11.2. The summed E-state index contributed by atoms with van der Waals surface area (Å²) in [6, 6.07) is -0.490. The average Bonchev–Trinajstić information content (AvgIpc) is 3.02. The molecule has 2 aliphatic heterocycles. The van der Waals surface area contributed by atoms with Gasteiger partial charge in [-0.25, -0.2) is 4.79 Å². The predicted molar refractivity (Wildman–Crippen MR) is 72.3 cm³/mol. The lowest BCUT2D eigenvalue weighted by atomic mass is 9.98. The lowest BCUT2D eigenvalue weighted by molar-refractivity contribution is -0.140. The van der Waals surface area contributed by atoms with Gasteiger partial charge in [0.25, 0.3) is 0 Å². The smallest absolute Gasteiger partial charge is 0.326 e. The number of carboxylic acids is 1. The van der Waals surface area contributed by atoms with Crippen LogP contribution in [0.5, 0.6) is 0 Å². The van der Waals surface area contributed by atoms with E-state index in [1.807, 2.05) is 0 Å². The zero-order valence-corrected chi connectivity index (χ0v) is 11.5. The Morgan fingerprint density at radius 1 is 1.35 bits per heavy atom. The molecule has 3 rings (SSSR count). The lowest BCUT2D eigenvalue weighted by Gasteiger charge is -2.22. The summed E-state index contributed by atoms with van der Waals surface area (Å²) in [6.07, 6.45) is 3.73. The van der Waals surface area contributed by atoms with E-state index in [4.69, 9.17) is 0 Å². The molecule has 0 amide bonds. The van der Waals surface area contributed by atoms with E-state index in [9.17, 15) is 9.90 Å². The van der Waals surface area contributed by atoms with E-state index in [1.54, 1.807) is 4.57 Å². The highest BCUT2D eigenvalue weighted by Gasteiger charge is 2.31. The van der Waals surface area contributed by atoms with Gasteiger partial charge < -0.3 is 15.7 Å². The average molecular weight is 279 g/mol. The number of aliphatic carboxylic acids is 1. The van der Waals surface area contributed by atoms with Crippen LogP contribution in [0.15, 0.2) is 0 Å². The zero-order valence-electron chi connectivity index (χ0n) is 11.5. The highest BCUT2D eigenvalue weighted by Crippen LogP contribution is 2.26. The third-order valence-corrected chi connectivity index (χ3v) is 4.25. The molecule has 1 fully saturated rings. The molecule has 1 unspecified atom stereocenters. The topological polar surface area (TPSA) is 92.1 Å². The molecule has 3 heterocycles. The fourth-order valence-electron chi connectivity index (χ4n) is 3.11. The second-order valence-electron chi connectivity index (χ2n) is 5.62. The van der Waals surface area contributed by atoms with Crippen LogP contribution in [0, 0.1) is 5.92 Å². The second kappa shape index (κ2) is 5.88. The Morgan fingerprint density at radius 2 is 2.15 bits per heavy atom. The van der Waals surface area contributed by atoms with Crippen molar-refractivity contribution in [2.24, 2.45) is 5.92 Å². The first-order valence-corrected chi connectivity index (χ1v) is 7.32. The molecule has 1 atom stereocenters. The Labute approximate surface area is 117 Å². The standard InChI is InChI=1S/C13H21N5O2/c19-13(20)10-1-2-11-16-17-12(18(10)11)8-15-7-9-3-5-14-6-4-9/h9-10,14-15H,1-8H2,(H,19,20). The van der Waals surface area contributed by atoms with Gasteiger partial charge in [-0.2, -0.15) is 0 Å². The van der Waals surface area contributed by atoms with Crippen LogP contribution in [0.2, 0.25) is 0 Å². The summed E-state index contributed by atoms with van der Waals surface area (Å²) in [4.78, 5) is 11.2. The Kier molecular flexibility index (Phi) is 3.98. The van der Waals surface area contributed by atoms with Gasteiger partial charge in [0.1, 0.15) is 17.7 Å². The Hall–Kier alpha value is -1.47. The van der Waals surface area contributed by atoms with Crippen LogP contribution in [0.1, 0.15) is 37.0 Å². The van der Waals surface area contributed by atoms with Gasteiger partial charge in [0.15, 0.2) is 0 Å². The molecule has 110 valence electrons. The van der Waals surface area contributed by atoms with Gasteiger partial charge in [-0.15, -0.1) is 10.2 Å². The van der Waals surface area contributed by atoms with Crippen molar-refractivity contribution in [2.45, 2.75) is 38.3 Å². The fourth-order valence-corrected chi connectivity index (χ4v) is 3.11. The van der Waals surface area contributed by atoms with Crippen LogP contribution in [-0.2, 0) is 17.8 Å². The van der Waals surface area contributed by atoms with Crippen molar-refractivity contribution < 1.29 is 9.90 Å². The normalized spacial score (nSPS) is 22.9. The predicted octanol–water partition coefficient (Wildman–Crippen LogP) is -0.0608. The summed E-state index contributed by atoms with van der Waals surface area (Å²) in [5, 5.41) is 24.2. The first kappa shape index (κ1) is 13.5. The molecular formula is C13H21N5O2. The lowest BCUT2D eigenvalue weighted by Crippen LogP contribution is -2.34. The Morgan fingerprint density at radius 3 is 2.90 bits per heavy atom. The van der Waals surface area contributed by atoms with Gasteiger partial charge in [-0.3, -0.25) is 4.57 Å². The monoisotopic (exact) mass is 279 g/mol. The molecular weight excluding hydrogens is 258 g/mol. The van der Waals surface area contributed by atoms with E-state index >= 15 is 0 Å². The van der Waals surface area contributed by atoms with Crippen molar-refractivity contribution in [2.75, 3.05) is 19.6 Å². The molecule has 7 heteroatoms. The Balaban J connectivity index is 1.57. The van der Waals surface area contributed by atoms with E-state index in [0.717, 1.165) is 31.3 Å². The molecule has 0 bridgehead atoms. The minimum atomic E-state index is -0.789. The summed E-state index contributed by atoms with van der Waals surface area (Å²) in [5.74, 6) is 1.46. The highest BCUT2D eigenvalue weighted by atomic mass is 16.4. The molecule has 20 heavy (non-hydrogen) atoms. The van der Waals surface area contributed by atoms with E-state index in [1.165, 1.54) is 12.8 Å². The maximum Gasteiger partial charge on any atom is 0.326 e. The zero-order chi connectivity index (χ0) is 13.9. The molecule has 3 N–H and O–H groups in total. The van der Waals surface area contributed by atoms with E-state index in [-0.39, 0.29) is 0 Å². The minimum Gasteiger partial charge on any atom is -0.480 e. The molecule has 2 aliphatic rings. The van der Waals surface area contributed by atoms with Crippen molar-refractivity contribution in [1.82, 2.24) is 25.4 Å². The van der Waals surface area contributed by atoms with Crippen molar-refractivity contribution in [3.63, 3.8) is 0 Å². The number of carbonyl (C=O) groups is 1. The van der Waals surface area contributed by atoms with Gasteiger partial charge in [-0.05, 0) is 44.8 Å². The van der Waals surface area contributed by atoms with Crippen molar-refractivity contribution in [3.8, 4) is 0 Å². The SMILES string of the molecule is O=C(O)C1CCc2nnc(CNCC3CCNCC3)n21. The first-order valence-electron chi connectivity index (χ1n) is 7.32. The van der Waals surface area contributed by atoms with Gasteiger partial charge in [-0.1, -0.05) is 0 Å². The molecule has 1 saturated heterocycles. The van der Waals surface area contributed by atoms with E-state index < -0.39 is 12.0 Å². The number of carboxylic acid groups (broad SMARTS) is 1. The van der Waals surface area contributed by atoms with Gasteiger partial charge in [0, 0.05) is 6.42 Å². The summed E-state index contributed by atoms with van der Waals surface area (Å²) in [7, 11) is 0. The molecule has 0 aliphatic carbocycles. The van der Waals surface area contributed by atoms with Crippen LogP contribution in [0.25, 0.3) is 0 Å². The third-order valence-electron chi connectivity index (χ3n) is 4.25. The van der Waals surface area contributed by atoms with Crippen LogP contribution < -0.4 is 10.6 Å². The summed E-state index contributed by atoms with van der Waals surface area (Å²) >= 11 is 0. The van der Waals surface area contributed by atoms with Gasteiger partial charge in [0.2, 0.25) is 0 Å². The van der Waals surface area contributed by atoms with Crippen molar-refractivity contribution in [3.05, 3.63) is 11.6 Å². The second-order valence-corrected chi connectivity index (χ2v) is 5.62. The molecule has 1 aromatic heterocycles. The fraction of sp³-hybridized carbons (Fsp3) is 0.769. The van der Waals surface area contributed by atoms with E-state index in [0.29, 0.717) is 25.3 Å². The first-order chi connectivity index (χ1) is 9.75. The summed E-state index contributed by atoms with van der Waals surface area (Å²) < 4.78 is 1.79. The quantitative estimate of drug-likeness (QED) is 0.699. The number of hydrogen-bond donors (Lipinski definition) is 3. The number of rotatable bonds is 5. The number of nitrogens with zero attached hydrogens (tertiary/aromatic N) is 3. The Bertz CT molecular complexity index is 481. The van der Waals surface area contributed by atoms with Crippen LogP contribution in [0.4, 0.5) is 0 Å². The van der Waals surface area contributed by atoms with E-state index in [2.05, 4.69) is 20.8 Å². The third kappa shape index (κ3) is 2.69. The largest absolute Gasteiger partial charge is 0.480 e. The summed E-state index contributed by atoms with van der Waals surface area (Å²) in [5.41, 5.74) is 0.